The van der Waals surface area contributed by atoms with E-state index in [-0.39, 0.29) is 0 Å². The summed E-state index contributed by atoms with van der Waals surface area (Å²) in [5.41, 5.74) is 4.47. The van der Waals surface area contributed by atoms with Crippen LogP contribution in [0.2, 0.25) is 0 Å². The van der Waals surface area contributed by atoms with Crippen LogP contribution in [0.25, 0.3) is 0 Å². The molecule has 0 amide bonds. The van der Waals surface area contributed by atoms with Crippen LogP contribution in [0, 0.1) is 6.92 Å². The molecule has 0 saturated heterocycles. The van der Waals surface area contributed by atoms with E-state index in [2.05, 4.69) is 51.4 Å². The Balaban J connectivity index is 2.25. The Bertz CT molecular complexity index is 482. The first-order valence-electron chi connectivity index (χ1n) is 5.51. The molecule has 0 aliphatic rings. The van der Waals surface area contributed by atoms with Crippen molar-refractivity contribution in [2.45, 2.75) is 19.4 Å². The van der Waals surface area contributed by atoms with Gasteiger partial charge in [-0.2, -0.15) is 0 Å². The zero-order valence-electron chi connectivity index (χ0n) is 9.90. The average molecular weight is 311 g/mol. The maximum atomic E-state index is 4.12. The number of likely N-dealkylation sites (N-methyl/N-ethyl adjacent to an activating group) is 1. The van der Waals surface area contributed by atoms with E-state index >= 15 is 0 Å². The van der Waals surface area contributed by atoms with Crippen molar-refractivity contribution >= 4 is 27.3 Å². The molecule has 90 valence electrons. The number of thiazole rings is 1. The monoisotopic (exact) mass is 310 g/mol. The zero-order chi connectivity index (χ0) is 12.3. The Morgan fingerprint density at radius 3 is 2.94 bits per heavy atom. The minimum atomic E-state index is 0.324. The van der Waals surface area contributed by atoms with Gasteiger partial charge in [-0.1, -0.05) is 33.6 Å². The molecule has 2 aromatic rings. The first-order chi connectivity index (χ1) is 8.20. The number of nitrogens with zero attached hydrogens (tertiary/aromatic N) is 1. The number of rotatable bonds is 4. The molecule has 0 radical (unpaired) electrons. The summed E-state index contributed by atoms with van der Waals surface area (Å²) in [6, 6.07) is 6.78. The summed E-state index contributed by atoms with van der Waals surface area (Å²) < 4.78 is 1.16. The van der Waals surface area contributed by atoms with Crippen molar-refractivity contribution in [2.24, 2.45) is 0 Å². The van der Waals surface area contributed by atoms with Crippen molar-refractivity contribution in [3.05, 3.63) is 50.4 Å². The van der Waals surface area contributed by atoms with Gasteiger partial charge in [0.1, 0.15) is 0 Å². The van der Waals surface area contributed by atoms with E-state index in [1.165, 1.54) is 16.0 Å². The molecule has 0 saturated carbocycles. The topological polar surface area (TPSA) is 24.9 Å². The van der Waals surface area contributed by atoms with Gasteiger partial charge in [0, 0.05) is 28.0 Å². The lowest BCUT2D eigenvalue weighted by molar-refractivity contribution is 0.593. The van der Waals surface area contributed by atoms with E-state index < -0.39 is 0 Å². The van der Waals surface area contributed by atoms with Crippen molar-refractivity contribution in [3.8, 4) is 0 Å². The van der Waals surface area contributed by atoms with Crippen molar-refractivity contribution < 1.29 is 0 Å². The standard InChI is InChI=1S/C13H15BrN2S/c1-9-3-4-12(14)11(5-9)13(15-2)6-10-7-16-8-17-10/h3-5,7-8,13,15H,6H2,1-2H3. The minimum absolute atomic E-state index is 0.324. The molecule has 1 aromatic carbocycles. The van der Waals surface area contributed by atoms with Gasteiger partial charge in [0.25, 0.3) is 0 Å². The third-order valence-corrected chi connectivity index (χ3v) is 4.29. The summed E-state index contributed by atoms with van der Waals surface area (Å²) >= 11 is 5.33. The minimum Gasteiger partial charge on any atom is -0.313 e. The van der Waals surface area contributed by atoms with Crippen LogP contribution < -0.4 is 5.32 Å². The molecular formula is C13H15BrN2S. The van der Waals surface area contributed by atoms with Crippen LogP contribution in [0.5, 0.6) is 0 Å². The van der Waals surface area contributed by atoms with Crippen molar-refractivity contribution in [1.29, 1.82) is 0 Å². The molecule has 0 fully saturated rings. The average Bonchev–Trinajstić information content (AvgIpc) is 2.82. The molecule has 0 aliphatic carbocycles. The molecule has 1 heterocycles. The second kappa shape index (κ2) is 5.76. The van der Waals surface area contributed by atoms with Gasteiger partial charge in [-0.15, -0.1) is 11.3 Å². The molecule has 0 bridgehead atoms. The number of halogens is 1. The van der Waals surface area contributed by atoms with Gasteiger partial charge in [0.05, 0.1) is 5.51 Å². The number of benzene rings is 1. The zero-order valence-corrected chi connectivity index (χ0v) is 12.3. The molecule has 4 heteroatoms. The summed E-state index contributed by atoms with van der Waals surface area (Å²) in [6.45, 7) is 2.12. The molecule has 2 nitrogen and oxygen atoms in total. The predicted molar refractivity (Wildman–Crippen MR) is 76.5 cm³/mol. The van der Waals surface area contributed by atoms with Crippen LogP contribution in [0.4, 0.5) is 0 Å². The third kappa shape index (κ3) is 3.15. The van der Waals surface area contributed by atoms with Crippen molar-refractivity contribution in [1.82, 2.24) is 10.3 Å². The maximum Gasteiger partial charge on any atom is 0.0794 e. The third-order valence-electron chi connectivity index (χ3n) is 2.76. The van der Waals surface area contributed by atoms with Crippen molar-refractivity contribution in [2.75, 3.05) is 7.05 Å². The molecular weight excluding hydrogens is 296 g/mol. The van der Waals surface area contributed by atoms with E-state index in [4.69, 9.17) is 0 Å². The van der Waals surface area contributed by atoms with Crippen LogP contribution in [-0.4, -0.2) is 12.0 Å². The van der Waals surface area contributed by atoms with E-state index in [1.807, 2.05) is 18.8 Å². The van der Waals surface area contributed by atoms with Gasteiger partial charge < -0.3 is 5.32 Å². The molecule has 1 N–H and O–H groups in total. The second-order valence-electron chi connectivity index (χ2n) is 4.04. The number of aromatic nitrogens is 1. The Morgan fingerprint density at radius 2 is 2.29 bits per heavy atom. The highest BCUT2D eigenvalue weighted by molar-refractivity contribution is 9.10. The van der Waals surface area contributed by atoms with Gasteiger partial charge in [0.2, 0.25) is 0 Å². The largest absolute Gasteiger partial charge is 0.313 e. The normalized spacial score (nSPS) is 12.6. The molecule has 0 aliphatic heterocycles. The van der Waals surface area contributed by atoms with Crippen LogP contribution >= 0.6 is 27.3 Å². The fourth-order valence-corrected chi connectivity index (χ4v) is 3.01. The van der Waals surface area contributed by atoms with E-state index in [9.17, 15) is 0 Å². The smallest absolute Gasteiger partial charge is 0.0794 e. The quantitative estimate of drug-likeness (QED) is 0.931. The van der Waals surface area contributed by atoms with Gasteiger partial charge in [-0.05, 0) is 25.6 Å². The van der Waals surface area contributed by atoms with Crippen LogP contribution in [0.3, 0.4) is 0 Å². The van der Waals surface area contributed by atoms with Crippen molar-refractivity contribution in [3.63, 3.8) is 0 Å². The van der Waals surface area contributed by atoms with Crippen LogP contribution in [0.15, 0.2) is 34.4 Å². The summed E-state index contributed by atoms with van der Waals surface area (Å²) in [6.07, 6.45) is 2.92. The summed E-state index contributed by atoms with van der Waals surface area (Å²) in [5.74, 6) is 0. The molecule has 1 unspecified atom stereocenters. The van der Waals surface area contributed by atoms with Crippen LogP contribution in [-0.2, 0) is 6.42 Å². The molecule has 17 heavy (non-hydrogen) atoms. The fraction of sp³-hybridized carbons (Fsp3) is 0.308. The first kappa shape index (κ1) is 12.7. The Hall–Kier alpha value is -0.710. The number of nitrogens with one attached hydrogen (secondary N) is 1. The summed E-state index contributed by atoms with van der Waals surface area (Å²) in [4.78, 5) is 5.43. The predicted octanol–water partition coefficient (Wildman–Crippen LogP) is 3.72. The highest BCUT2D eigenvalue weighted by Crippen LogP contribution is 2.27. The number of hydrogen-bond acceptors (Lipinski definition) is 3. The highest BCUT2D eigenvalue weighted by atomic mass is 79.9. The highest BCUT2D eigenvalue weighted by Gasteiger charge is 2.14. The molecule has 2 rings (SSSR count). The molecule has 1 atom stereocenters. The lowest BCUT2D eigenvalue weighted by Crippen LogP contribution is -2.19. The Labute approximate surface area is 114 Å². The maximum absolute atomic E-state index is 4.12. The van der Waals surface area contributed by atoms with E-state index in [0.29, 0.717) is 6.04 Å². The van der Waals surface area contributed by atoms with Gasteiger partial charge >= 0.3 is 0 Å². The van der Waals surface area contributed by atoms with Gasteiger partial charge in [-0.3, -0.25) is 4.98 Å². The van der Waals surface area contributed by atoms with E-state index in [1.54, 1.807) is 11.3 Å². The Kier molecular flexibility index (Phi) is 4.31. The van der Waals surface area contributed by atoms with Crippen LogP contribution in [0.1, 0.15) is 22.0 Å². The van der Waals surface area contributed by atoms with E-state index in [0.717, 1.165) is 10.9 Å². The lowest BCUT2D eigenvalue weighted by atomic mass is 10.0. The first-order valence-corrected chi connectivity index (χ1v) is 7.18. The second-order valence-corrected chi connectivity index (χ2v) is 5.86. The van der Waals surface area contributed by atoms with Gasteiger partial charge in [0.15, 0.2) is 0 Å². The Morgan fingerprint density at radius 1 is 1.47 bits per heavy atom. The SMILES string of the molecule is CNC(Cc1cncs1)c1cc(C)ccc1Br. The number of aryl methyl sites for hydroxylation is 1. The fourth-order valence-electron chi connectivity index (χ4n) is 1.84. The molecule has 0 spiro atoms. The summed E-state index contributed by atoms with van der Waals surface area (Å²) in [7, 11) is 2.00. The van der Waals surface area contributed by atoms with Gasteiger partial charge in [-0.25, -0.2) is 0 Å². The molecule has 1 aromatic heterocycles. The summed E-state index contributed by atoms with van der Waals surface area (Å²) in [5, 5.41) is 3.37. The number of hydrogen-bond donors (Lipinski definition) is 1. The lowest BCUT2D eigenvalue weighted by Gasteiger charge is -2.18.